The molecule has 2 aromatic rings. The molecule has 1 aliphatic heterocycles. The number of benzene rings is 1. The van der Waals surface area contributed by atoms with Gasteiger partial charge in [0.15, 0.2) is 0 Å². The number of hydrogen-bond donors (Lipinski definition) is 1. The Labute approximate surface area is 120 Å². The Bertz CT molecular complexity index is 800. The third kappa shape index (κ3) is 2.33. The second-order valence-electron chi connectivity index (χ2n) is 4.74. The number of ether oxygens (including phenoxy) is 2. The molecular weight excluding hydrogens is 270 g/mol. The van der Waals surface area contributed by atoms with E-state index in [9.17, 15) is 9.59 Å². The Kier molecular flexibility index (Phi) is 3.10. The number of aromatic nitrogens is 1. The fraction of sp³-hybridized carbons (Fsp3) is 0.125. The van der Waals surface area contributed by atoms with Gasteiger partial charge in [-0.05, 0) is 36.8 Å². The van der Waals surface area contributed by atoms with Crippen LogP contribution in [0, 0.1) is 6.92 Å². The number of carbonyl (C=O) groups excluding carboxylic acids is 1. The van der Waals surface area contributed by atoms with Crippen molar-refractivity contribution in [1.29, 1.82) is 0 Å². The minimum atomic E-state index is -0.619. The third-order valence-corrected chi connectivity index (χ3v) is 3.25. The largest absolute Gasteiger partial charge is 0.497 e. The Balaban J connectivity index is 2.08. The predicted molar refractivity (Wildman–Crippen MR) is 78.1 cm³/mol. The molecule has 3 rings (SSSR count). The van der Waals surface area contributed by atoms with E-state index in [0.29, 0.717) is 17.0 Å². The van der Waals surface area contributed by atoms with E-state index < -0.39 is 11.5 Å². The van der Waals surface area contributed by atoms with Gasteiger partial charge in [-0.2, -0.15) is 0 Å². The lowest BCUT2D eigenvalue weighted by molar-refractivity contribution is 0.0715. The van der Waals surface area contributed by atoms with Crippen LogP contribution in [0.5, 0.6) is 5.75 Å². The molecule has 2 heterocycles. The summed E-state index contributed by atoms with van der Waals surface area (Å²) in [6.45, 7) is 1.76. The second-order valence-corrected chi connectivity index (χ2v) is 4.74. The summed E-state index contributed by atoms with van der Waals surface area (Å²) in [6.07, 6.45) is 1.72. The quantitative estimate of drug-likeness (QED) is 0.859. The lowest BCUT2D eigenvalue weighted by Gasteiger charge is -2.02. The van der Waals surface area contributed by atoms with E-state index >= 15 is 0 Å². The number of esters is 1. The number of nitrogens with one attached hydrogen (secondary N) is 1. The number of carbonyl (C=O) groups is 1. The van der Waals surface area contributed by atoms with Crippen LogP contribution in [0.3, 0.4) is 0 Å². The van der Waals surface area contributed by atoms with Gasteiger partial charge < -0.3 is 14.5 Å². The maximum atomic E-state index is 11.8. The monoisotopic (exact) mass is 283 g/mol. The molecule has 1 aromatic carbocycles. The molecule has 0 fully saturated rings. The summed E-state index contributed by atoms with van der Waals surface area (Å²) in [7, 11) is 1.59. The van der Waals surface area contributed by atoms with E-state index in [-0.39, 0.29) is 5.56 Å². The van der Waals surface area contributed by atoms with Crippen molar-refractivity contribution in [3.8, 4) is 5.75 Å². The minimum absolute atomic E-state index is 0.0559. The molecule has 21 heavy (non-hydrogen) atoms. The number of pyridine rings is 1. The molecular formula is C16H13NO4. The number of aromatic amines is 1. The SMILES string of the molecule is COc1ccc(/C=C2\OC(=O)c3c2cc(C)[nH]c3=O)cc1. The summed E-state index contributed by atoms with van der Waals surface area (Å²) in [6, 6.07) is 9.05. The van der Waals surface area contributed by atoms with Crippen LogP contribution in [0.1, 0.15) is 27.2 Å². The van der Waals surface area contributed by atoms with Crippen molar-refractivity contribution in [3.63, 3.8) is 0 Å². The van der Waals surface area contributed by atoms with E-state index in [1.165, 1.54) is 0 Å². The van der Waals surface area contributed by atoms with Crippen molar-refractivity contribution in [2.75, 3.05) is 7.11 Å². The van der Waals surface area contributed by atoms with E-state index in [1.54, 1.807) is 26.2 Å². The number of aryl methyl sites for hydroxylation is 1. The van der Waals surface area contributed by atoms with E-state index in [2.05, 4.69) is 4.98 Å². The van der Waals surface area contributed by atoms with E-state index in [4.69, 9.17) is 9.47 Å². The zero-order chi connectivity index (χ0) is 15.0. The van der Waals surface area contributed by atoms with Gasteiger partial charge in [-0.3, -0.25) is 4.79 Å². The Hall–Kier alpha value is -2.82. The molecule has 1 N–H and O–H groups in total. The van der Waals surface area contributed by atoms with Gasteiger partial charge in [0.25, 0.3) is 5.56 Å². The summed E-state index contributed by atoms with van der Waals surface area (Å²) in [4.78, 5) is 26.2. The Morgan fingerprint density at radius 1 is 1.19 bits per heavy atom. The van der Waals surface area contributed by atoms with Crippen LogP contribution in [-0.2, 0) is 4.74 Å². The molecule has 106 valence electrons. The predicted octanol–water partition coefficient (Wildman–Crippen LogP) is 2.36. The van der Waals surface area contributed by atoms with Crippen molar-refractivity contribution in [2.24, 2.45) is 0 Å². The molecule has 0 spiro atoms. The molecule has 1 aliphatic rings. The summed E-state index contributed by atoms with van der Waals surface area (Å²) in [5.41, 5.74) is 1.69. The molecule has 0 bridgehead atoms. The molecule has 0 aliphatic carbocycles. The van der Waals surface area contributed by atoms with Crippen LogP contribution in [0.2, 0.25) is 0 Å². The summed E-state index contributed by atoms with van der Waals surface area (Å²) in [5, 5.41) is 0. The van der Waals surface area contributed by atoms with Crippen LogP contribution in [-0.4, -0.2) is 18.1 Å². The molecule has 5 heteroatoms. The highest BCUT2D eigenvalue weighted by molar-refractivity contribution is 6.05. The fourth-order valence-electron chi connectivity index (χ4n) is 2.25. The van der Waals surface area contributed by atoms with Gasteiger partial charge in [-0.25, -0.2) is 4.79 Å². The number of H-pyrrole nitrogens is 1. The highest BCUT2D eigenvalue weighted by atomic mass is 16.5. The van der Waals surface area contributed by atoms with Gasteiger partial charge in [-0.15, -0.1) is 0 Å². The van der Waals surface area contributed by atoms with Gasteiger partial charge in [0, 0.05) is 11.3 Å². The van der Waals surface area contributed by atoms with Crippen LogP contribution in [0.4, 0.5) is 0 Å². The maximum absolute atomic E-state index is 11.8. The van der Waals surface area contributed by atoms with Crippen molar-refractivity contribution < 1.29 is 14.3 Å². The number of fused-ring (bicyclic) bond motifs is 1. The summed E-state index contributed by atoms with van der Waals surface area (Å²) in [5.74, 6) is 0.508. The van der Waals surface area contributed by atoms with Gasteiger partial charge >= 0.3 is 5.97 Å². The number of rotatable bonds is 2. The first-order valence-electron chi connectivity index (χ1n) is 6.40. The highest BCUT2D eigenvalue weighted by Crippen LogP contribution is 2.29. The smallest absolute Gasteiger partial charge is 0.349 e. The van der Waals surface area contributed by atoms with Crippen LogP contribution < -0.4 is 10.3 Å². The van der Waals surface area contributed by atoms with Crippen LogP contribution >= 0.6 is 0 Å². The third-order valence-electron chi connectivity index (χ3n) is 3.25. The molecule has 0 radical (unpaired) electrons. The van der Waals surface area contributed by atoms with E-state index in [0.717, 1.165) is 11.3 Å². The first-order valence-corrected chi connectivity index (χ1v) is 6.40. The first kappa shape index (κ1) is 13.2. The molecule has 0 atom stereocenters. The molecule has 5 nitrogen and oxygen atoms in total. The topological polar surface area (TPSA) is 68.4 Å². The molecule has 1 aromatic heterocycles. The summed E-state index contributed by atoms with van der Waals surface area (Å²) >= 11 is 0. The molecule has 0 saturated heterocycles. The van der Waals surface area contributed by atoms with Crippen molar-refractivity contribution in [2.45, 2.75) is 6.92 Å². The average molecular weight is 283 g/mol. The zero-order valence-electron chi connectivity index (χ0n) is 11.6. The lowest BCUT2D eigenvalue weighted by atomic mass is 10.1. The van der Waals surface area contributed by atoms with Crippen molar-refractivity contribution in [3.05, 3.63) is 63.1 Å². The number of cyclic esters (lactones) is 1. The van der Waals surface area contributed by atoms with Gasteiger partial charge in [0.05, 0.1) is 7.11 Å². The average Bonchev–Trinajstić information content (AvgIpc) is 2.76. The Morgan fingerprint density at radius 2 is 1.90 bits per heavy atom. The zero-order valence-corrected chi connectivity index (χ0v) is 11.6. The molecule has 0 amide bonds. The van der Waals surface area contributed by atoms with Crippen molar-refractivity contribution in [1.82, 2.24) is 4.98 Å². The molecule has 0 unspecified atom stereocenters. The fourth-order valence-corrected chi connectivity index (χ4v) is 2.25. The summed E-state index contributed by atoms with van der Waals surface area (Å²) < 4.78 is 10.3. The maximum Gasteiger partial charge on any atom is 0.349 e. The number of hydrogen-bond acceptors (Lipinski definition) is 4. The van der Waals surface area contributed by atoms with Gasteiger partial charge in [0.2, 0.25) is 0 Å². The standard InChI is InChI=1S/C16H13NO4/c1-9-7-12-13(21-16(19)14(12)15(18)17-9)8-10-3-5-11(20-2)6-4-10/h3-8H,1-2H3,(H,17,18)/b13-8-. The van der Waals surface area contributed by atoms with Crippen LogP contribution in [0.25, 0.3) is 11.8 Å². The first-order chi connectivity index (χ1) is 10.1. The van der Waals surface area contributed by atoms with Gasteiger partial charge in [-0.1, -0.05) is 12.1 Å². The highest BCUT2D eigenvalue weighted by Gasteiger charge is 2.29. The van der Waals surface area contributed by atoms with Crippen molar-refractivity contribution >= 4 is 17.8 Å². The second kappa shape index (κ2) is 4.94. The molecule has 0 saturated carbocycles. The van der Waals surface area contributed by atoms with Gasteiger partial charge in [0.1, 0.15) is 17.1 Å². The number of methoxy groups -OCH3 is 1. The normalized spacial score (nSPS) is 15.0. The van der Waals surface area contributed by atoms with Crippen LogP contribution in [0.15, 0.2) is 35.1 Å². The minimum Gasteiger partial charge on any atom is -0.497 e. The Morgan fingerprint density at radius 3 is 2.57 bits per heavy atom. The lowest BCUT2D eigenvalue weighted by Crippen LogP contribution is -2.16. The van der Waals surface area contributed by atoms with E-state index in [1.807, 2.05) is 24.3 Å².